The second-order valence-electron chi connectivity index (χ2n) is 5.45. The van der Waals surface area contributed by atoms with E-state index in [2.05, 4.69) is 15.6 Å². The highest BCUT2D eigenvalue weighted by Crippen LogP contribution is 2.32. The van der Waals surface area contributed by atoms with Crippen LogP contribution in [0, 0.1) is 5.82 Å². The molecule has 0 spiro atoms. The van der Waals surface area contributed by atoms with Crippen LogP contribution in [-0.4, -0.2) is 24.0 Å². The Bertz CT molecular complexity index is 654. The van der Waals surface area contributed by atoms with Gasteiger partial charge in [-0.1, -0.05) is 0 Å². The molecule has 4 nitrogen and oxygen atoms in total. The molecular weight excluding hydrogens is 281 g/mol. The van der Waals surface area contributed by atoms with Gasteiger partial charge in [-0.15, -0.1) is 0 Å². The van der Waals surface area contributed by atoms with Gasteiger partial charge in [0.05, 0.1) is 0 Å². The van der Waals surface area contributed by atoms with Crippen LogP contribution < -0.4 is 10.6 Å². The molecule has 2 heterocycles. The summed E-state index contributed by atoms with van der Waals surface area (Å²) in [6.07, 6.45) is 5.05. The first-order valence-corrected chi connectivity index (χ1v) is 7.45. The monoisotopic (exact) mass is 299 g/mol. The van der Waals surface area contributed by atoms with Crippen molar-refractivity contribution in [2.75, 3.05) is 18.4 Å². The van der Waals surface area contributed by atoms with Crippen molar-refractivity contribution in [1.82, 2.24) is 10.3 Å². The minimum absolute atomic E-state index is 0.204. The Morgan fingerprint density at radius 3 is 2.64 bits per heavy atom. The summed E-state index contributed by atoms with van der Waals surface area (Å²) in [6, 6.07) is 7.88. The average Bonchev–Trinajstić information content (AvgIpc) is 2.58. The molecule has 1 amide bonds. The quantitative estimate of drug-likeness (QED) is 0.916. The first kappa shape index (κ1) is 14.7. The van der Waals surface area contributed by atoms with Crippen LogP contribution in [0.25, 0.3) is 0 Å². The van der Waals surface area contributed by atoms with E-state index in [1.54, 1.807) is 30.6 Å². The highest BCUT2D eigenvalue weighted by Gasteiger charge is 2.20. The highest BCUT2D eigenvalue weighted by molar-refractivity contribution is 6.04. The molecule has 1 aliphatic heterocycles. The molecule has 114 valence electrons. The van der Waals surface area contributed by atoms with E-state index in [1.807, 2.05) is 0 Å². The van der Waals surface area contributed by atoms with Crippen molar-refractivity contribution >= 4 is 11.6 Å². The SMILES string of the molecule is O=C(Nc1ccc(F)cc1C1CCNCC1)c1ccncc1. The molecule has 22 heavy (non-hydrogen) atoms. The van der Waals surface area contributed by atoms with Crippen LogP contribution in [-0.2, 0) is 0 Å². The normalized spacial score (nSPS) is 15.5. The Kier molecular flexibility index (Phi) is 4.44. The van der Waals surface area contributed by atoms with E-state index in [1.165, 1.54) is 12.1 Å². The molecule has 1 aromatic heterocycles. The van der Waals surface area contributed by atoms with Crippen molar-refractivity contribution in [1.29, 1.82) is 0 Å². The average molecular weight is 299 g/mol. The molecule has 0 radical (unpaired) electrons. The van der Waals surface area contributed by atoms with Crippen LogP contribution >= 0.6 is 0 Å². The standard InChI is InChI=1S/C17H18FN3O/c18-14-1-2-16(15(11-14)12-3-7-19-8-4-12)21-17(22)13-5-9-20-10-6-13/h1-2,5-6,9-12,19H,3-4,7-8H2,(H,21,22). The fraction of sp³-hybridized carbons (Fsp3) is 0.294. The number of piperidine rings is 1. The van der Waals surface area contributed by atoms with Crippen LogP contribution in [0.4, 0.5) is 10.1 Å². The molecule has 0 atom stereocenters. The molecule has 3 rings (SSSR count). The predicted octanol–water partition coefficient (Wildman–Crippen LogP) is 2.94. The maximum Gasteiger partial charge on any atom is 0.255 e. The lowest BCUT2D eigenvalue weighted by molar-refractivity contribution is 0.102. The summed E-state index contributed by atoms with van der Waals surface area (Å²) in [5.41, 5.74) is 2.11. The largest absolute Gasteiger partial charge is 0.322 e. The van der Waals surface area contributed by atoms with E-state index in [0.717, 1.165) is 31.5 Å². The Balaban J connectivity index is 1.85. The van der Waals surface area contributed by atoms with E-state index >= 15 is 0 Å². The zero-order valence-corrected chi connectivity index (χ0v) is 12.2. The number of nitrogens with one attached hydrogen (secondary N) is 2. The van der Waals surface area contributed by atoms with E-state index in [9.17, 15) is 9.18 Å². The minimum Gasteiger partial charge on any atom is -0.322 e. The number of amides is 1. The fourth-order valence-corrected chi connectivity index (χ4v) is 2.82. The Morgan fingerprint density at radius 1 is 1.18 bits per heavy atom. The van der Waals surface area contributed by atoms with E-state index < -0.39 is 0 Å². The summed E-state index contributed by atoms with van der Waals surface area (Å²) in [5, 5.41) is 6.19. The summed E-state index contributed by atoms with van der Waals surface area (Å²) in [6.45, 7) is 1.83. The zero-order chi connectivity index (χ0) is 15.4. The molecule has 0 aliphatic carbocycles. The van der Waals surface area contributed by atoms with Gasteiger partial charge < -0.3 is 10.6 Å². The zero-order valence-electron chi connectivity index (χ0n) is 12.2. The summed E-state index contributed by atoms with van der Waals surface area (Å²) in [4.78, 5) is 16.2. The number of nitrogens with zero attached hydrogens (tertiary/aromatic N) is 1. The number of benzene rings is 1. The molecule has 0 saturated carbocycles. The van der Waals surface area contributed by atoms with Crippen molar-refractivity contribution < 1.29 is 9.18 Å². The lowest BCUT2D eigenvalue weighted by Crippen LogP contribution is -2.27. The topological polar surface area (TPSA) is 54.0 Å². The van der Waals surface area contributed by atoms with Crippen LogP contribution in [0.3, 0.4) is 0 Å². The lowest BCUT2D eigenvalue weighted by Gasteiger charge is -2.25. The van der Waals surface area contributed by atoms with Gasteiger partial charge in [0, 0.05) is 23.6 Å². The molecule has 0 bridgehead atoms. The van der Waals surface area contributed by atoms with Gasteiger partial charge in [0.2, 0.25) is 0 Å². The fourth-order valence-electron chi connectivity index (χ4n) is 2.82. The summed E-state index contributed by atoms with van der Waals surface area (Å²) in [7, 11) is 0. The molecule has 1 aromatic carbocycles. The van der Waals surface area contributed by atoms with Gasteiger partial charge in [-0.25, -0.2) is 4.39 Å². The maximum absolute atomic E-state index is 13.6. The number of hydrogen-bond donors (Lipinski definition) is 2. The van der Waals surface area contributed by atoms with Gasteiger partial charge in [-0.05, 0) is 67.7 Å². The van der Waals surface area contributed by atoms with Crippen LogP contribution in [0.15, 0.2) is 42.7 Å². The van der Waals surface area contributed by atoms with Crippen molar-refractivity contribution in [3.63, 3.8) is 0 Å². The van der Waals surface area contributed by atoms with Crippen LogP contribution in [0.1, 0.15) is 34.7 Å². The van der Waals surface area contributed by atoms with E-state index in [0.29, 0.717) is 11.3 Å². The third-order valence-electron chi connectivity index (χ3n) is 3.98. The van der Waals surface area contributed by atoms with Gasteiger partial charge in [0.15, 0.2) is 0 Å². The van der Waals surface area contributed by atoms with Crippen molar-refractivity contribution in [2.45, 2.75) is 18.8 Å². The Hall–Kier alpha value is -2.27. The summed E-state index contributed by atoms with van der Waals surface area (Å²) in [5.74, 6) is -0.204. The van der Waals surface area contributed by atoms with Gasteiger partial charge in [-0.2, -0.15) is 0 Å². The lowest BCUT2D eigenvalue weighted by atomic mass is 9.89. The van der Waals surface area contributed by atoms with Gasteiger partial charge in [0.25, 0.3) is 5.91 Å². The molecule has 0 unspecified atom stereocenters. The number of anilines is 1. The summed E-state index contributed by atoms with van der Waals surface area (Å²) >= 11 is 0. The van der Waals surface area contributed by atoms with Crippen LogP contribution in [0.2, 0.25) is 0 Å². The molecule has 2 N–H and O–H groups in total. The maximum atomic E-state index is 13.6. The van der Waals surface area contributed by atoms with Crippen LogP contribution in [0.5, 0.6) is 0 Å². The van der Waals surface area contributed by atoms with Crippen molar-refractivity contribution in [2.24, 2.45) is 0 Å². The first-order chi connectivity index (χ1) is 10.7. The molecule has 5 heteroatoms. The first-order valence-electron chi connectivity index (χ1n) is 7.45. The van der Waals surface area contributed by atoms with Gasteiger partial charge >= 0.3 is 0 Å². The third-order valence-corrected chi connectivity index (χ3v) is 3.98. The van der Waals surface area contributed by atoms with Crippen molar-refractivity contribution in [3.05, 3.63) is 59.7 Å². The van der Waals surface area contributed by atoms with Gasteiger partial charge in [-0.3, -0.25) is 9.78 Å². The molecular formula is C17H18FN3O. The molecule has 1 fully saturated rings. The number of carbonyl (C=O) groups excluding carboxylic acids is 1. The highest BCUT2D eigenvalue weighted by atomic mass is 19.1. The number of carbonyl (C=O) groups is 1. The third kappa shape index (κ3) is 3.31. The molecule has 1 aliphatic rings. The Labute approximate surface area is 128 Å². The number of pyridine rings is 1. The Morgan fingerprint density at radius 2 is 1.91 bits per heavy atom. The molecule has 1 saturated heterocycles. The smallest absolute Gasteiger partial charge is 0.255 e. The number of aromatic nitrogens is 1. The number of rotatable bonds is 3. The summed E-state index contributed by atoms with van der Waals surface area (Å²) < 4.78 is 13.6. The second-order valence-corrected chi connectivity index (χ2v) is 5.45. The van der Waals surface area contributed by atoms with Crippen molar-refractivity contribution in [3.8, 4) is 0 Å². The van der Waals surface area contributed by atoms with E-state index in [-0.39, 0.29) is 17.6 Å². The molecule has 2 aromatic rings. The predicted molar refractivity (Wildman–Crippen MR) is 83.4 cm³/mol. The van der Waals surface area contributed by atoms with E-state index in [4.69, 9.17) is 0 Å². The second kappa shape index (κ2) is 6.66. The number of hydrogen-bond acceptors (Lipinski definition) is 3. The minimum atomic E-state index is -0.268. The number of halogens is 1. The van der Waals surface area contributed by atoms with Gasteiger partial charge in [0.1, 0.15) is 5.82 Å².